The normalized spacial score (nSPS) is 9.75. The molecule has 0 unspecified atom stereocenters. The smallest absolute Gasteiger partial charge is 0.378 e. The molecular weight excluding hydrogens is 162 g/mol. The number of Topliss-reactive ketones (excluding diaryl/α,β-unsaturated/α-hetero) is 1. The molecule has 0 aliphatic carbocycles. The maximum Gasteiger partial charge on any atom is 0.378 e. The minimum atomic E-state index is -1.49. The predicted octanol–water partition coefficient (Wildman–Crippen LogP) is -0.435. The number of carboxylic acid groups (broad SMARTS) is 1. The van der Waals surface area contributed by atoms with Gasteiger partial charge in [0.25, 0.3) is 5.78 Å². The fourth-order valence-corrected chi connectivity index (χ4v) is 0.777. The highest BCUT2D eigenvalue weighted by molar-refractivity contribution is 6.39. The Morgan fingerprint density at radius 2 is 2.33 bits per heavy atom. The Hall–Kier alpha value is -1.72. The average Bonchev–Trinajstić information content (AvgIpc) is 2.49. The van der Waals surface area contributed by atoms with Crippen LogP contribution < -0.4 is 0 Å². The molecule has 64 valence electrons. The van der Waals surface area contributed by atoms with Crippen LogP contribution in [-0.4, -0.2) is 31.9 Å². The van der Waals surface area contributed by atoms with Crippen molar-refractivity contribution in [2.45, 2.75) is 13.5 Å². The molecular formula is C6H7N3O3. The van der Waals surface area contributed by atoms with E-state index in [0.29, 0.717) is 6.54 Å². The number of hydrogen-bond donors (Lipinski definition) is 1. The molecule has 0 saturated heterocycles. The van der Waals surface area contributed by atoms with E-state index in [9.17, 15) is 9.59 Å². The monoisotopic (exact) mass is 169 g/mol. The van der Waals surface area contributed by atoms with Gasteiger partial charge >= 0.3 is 5.97 Å². The first-order valence-electron chi connectivity index (χ1n) is 3.33. The number of rotatable bonds is 3. The molecule has 0 fully saturated rings. The van der Waals surface area contributed by atoms with Crippen LogP contribution in [0.25, 0.3) is 0 Å². The van der Waals surface area contributed by atoms with Crippen LogP contribution in [0.5, 0.6) is 0 Å². The van der Waals surface area contributed by atoms with Crippen molar-refractivity contribution in [3.8, 4) is 0 Å². The Balaban J connectivity index is 3.02. The van der Waals surface area contributed by atoms with Gasteiger partial charge in [-0.2, -0.15) is 0 Å². The van der Waals surface area contributed by atoms with Crippen LogP contribution in [0, 0.1) is 0 Å². The second-order valence-corrected chi connectivity index (χ2v) is 2.07. The van der Waals surface area contributed by atoms with Crippen LogP contribution in [0.4, 0.5) is 0 Å². The number of ketones is 1. The van der Waals surface area contributed by atoms with Crippen molar-refractivity contribution in [1.82, 2.24) is 15.0 Å². The van der Waals surface area contributed by atoms with Gasteiger partial charge in [0, 0.05) is 6.54 Å². The third-order valence-corrected chi connectivity index (χ3v) is 1.34. The zero-order valence-electron chi connectivity index (χ0n) is 6.39. The van der Waals surface area contributed by atoms with E-state index < -0.39 is 11.8 Å². The number of nitrogens with zero attached hydrogens (tertiary/aromatic N) is 3. The SMILES string of the molecule is CCn1nncc1C(=O)C(=O)O. The van der Waals surface area contributed by atoms with E-state index in [1.54, 1.807) is 6.92 Å². The zero-order chi connectivity index (χ0) is 9.14. The summed E-state index contributed by atoms with van der Waals surface area (Å²) in [6, 6.07) is 0. The Kier molecular flexibility index (Phi) is 2.18. The lowest BCUT2D eigenvalue weighted by Crippen LogP contribution is -2.17. The van der Waals surface area contributed by atoms with Crippen LogP contribution in [0.3, 0.4) is 0 Å². The molecule has 12 heavy (non-hydrogen) atoms. The molecule has 0 spiro atoms. The van der Waals surface area contributed by atoms with Crippen molar-refractivity contribution in [1.29, 1.82) is 0 Å². The highest BCUT2D eigenvalue weighted by atomic mass is 16.4. The summed E-state index contributed by atoms with van der Waals surface area (Å²) in [5.74, 6) is -2.48. The van der Waals surface area contributed by atoms with Crippen LogP contribution in [-0.2, 0) is 11.3 Å². The molecule has 1 aromatic rings. The van der Waals surface area contributed by atoms with Gasteiger partial charge in [-0.1, -0.05) is 5.21 Å². The standard InChI is InChI=1S/C6H7N3O3/c1-2-9-4(3-7-8-9)5(10)6(11)12/h3H,2H2,1H3,(H,11,12). The van der Waals surface area contributed by atoms with Gasteiger partial charge in [0.1, 0.15) is 5.69 Å². The first kappa shape index (κ1) is 8.38. The second kappa shape index (κ2) is 3.12. The fraction of sp³-hybridized carbons (Fsp3) is 0.333. The number of hydrogen-bond acceptors (Lipinski definition) is 4. The maximum absolute atomic E-state index is 10.9. The third kappa shape index (κ3) is 1.31. The van der Waals surface area contributed by atoms with Gasteiger partial charge in [0.15, 0.2) is 0 Å². The molecule has 0 aliphatic rings. The summed E-state index contributed by atoms with van der Waals surface area (Å²) in [6.07, 6.45) is 1.14. The van der Waals surface area contributed by atoms with Gasteiger partial charge < -0.3 is 5.11 Å². The van der Waals surface area contributed by atoms with E-state index in [0.717, 1.165) is 6.20 Å². The highest BCUT2D eigenvalue weighted by Crippen LogP contribution is 1.97. The molecule has 1 N–H and O–H groups in total. The van der Waals surface area contributed by atoms with Gasteiger partial charge in [-0.05, 0) is 6.92 Å². The van der Waals surface area contributed by atoms with Crippen LogP contribution >= 0.6 is 0 Å². The Morgan fingerprint density at radius 1 is 1.67 bits per heavy atom. The van der Waals surface area contributed by atoms with Crippen molar-refractivity contribution in [2.24, 2.45) is 0 Å². The lowest BCUT2D eigenvalue weighted by molar-refractivity contribution is -0.131. The number of carbonyl (C=O) groups excluding carboxylic acids is 1. The maximum atomic E-state index is 10.9. The van der Waals surface area contributed by atoms with Crippen molar-refractivity contribution < 1.29 is 14.7 Å². The van der Waals surface area contributed by atoms with Crippen molar-refractivity contribution in [3.63, 3.8) is 0 Å². The molecule has 1 aromatic heterocycles. The summed E-state index contributed by atoms with van der Waals surface area (Å²) in [7, 11) is 0. The molecule has 0 aromatic carbocycles. The van der Waals surface area contributed by atoms with Gasteiger partial charge in [-0.3, -0.25) is 4.79 Å². The molecule has 6 nitrogen and oxygen atoms in total. The molecule has 1 heterocycles. The molecule has 0 radical (unpaired) electrons. The summed E-state index contributed by atoms with van der Waals surface area (Å²) in [5.41, 5.74) is 0.00463. The topological polar surface area (TPSA) is 85.1 Å². The third-order valence-electron chi connectivity index (χ3n) is 1.34. The van der Waals surface area contributed by atoms with E-state index >= 15 is 0 Å². The Morgan fingerprint density at radius 3 is 2.83 bits per heavy atom. The molecule has 0 saturated carbocycles. The Bertz CT molecular complexity index is 318. The predicted molar refractivity (Wildman–Crippen MR) is 37.7 cm³/mol. The minimum absolute atomic E-state index is 0.00463. The van der Waals surface area contributed by atoms with Gasteiger partial charge in [-0.25, -0.2) is 9.48 Å². The number of aromatic nitrogens is 3. The highest BCUT2D eigenvalue weighted by Gasteiger charge is 2.19. The van der Waals surface area contributed by atoms with E-state index in [4.69, 9.17) is 5.11 Å². The van der Waals surface area contributed by atoms with E-state index in [2.05, 4.69) is 10.3 Å². The van der Waals surface area contributed by atoms with E-state index in [-0.39, 0.29) is 5.69 Å². The lowest BCUT2D eigenvalue weighted by Gasteiger charge is -1.96. The average molecular weight is 169 g/mol. The number of carboxylic acids is 1. The Labute approximate surface area is 67.8 Å². The summed E-state index contributed by atoms with van der Waals surface area (Å²) in [4.78, 5) is 21.1. The summed E-state index contributed by atoms with van der Waals surface area (Å²) >= 11 is 0. The molecule has 0 amide bonds. The summed E-state index contributed by atoms with van der Waals surface area (Å²) in [5, 5.41) is 15.3. The van der Waals surface area contributed by atoms with Gasteiger partial charge in [0.2, 0.25) is 0 Å². The van der Waals surface area contributed by atoms with E-state index in [1.165, 1.54) is 4.68 Å². The molecule has 0 atom stereocenters. The van der Waals surface area contributed by atoms with Crippen molar-refractivity contribution in [2.75, 3.05) is 0 Å². The van der Waals surface area contributed by atoms with Crippen LogP contribution in [0.15, 0.2) is 6.20 Å². The summed E-state index contributed by atoms with van der Waals surface area (Å²) in [6.45, 7) is 2.17. The largest absolute Gasteiger partial charge is 0.475 e. The molecule has 6 heteroatoms. The summed E-state index contributed by atoms with van der Waals surface area (Å²) < 4.78 is 1.23. The van der Waals surface area contributed by atoms with Crippen molar-refractivity contribution in [3.05, 3.63) is 11.9 Å². The lowest BCUT2D eigenvalue weighted by atomic mass is 10.3. The number of aryl methyl sites for hydroxylation is 1. The quantitative estimate of drug-likeness (QED) is 0.490. The van der Waals surface area contributed by atoms with Gasteiger partial charge in [-0.15, -0.1) is 5.10 Å². The van der Waals surface area contributed by atoms with Crippen molar-refractivity contribution >= 4 is 11.8 Å². The van der Waals surface area contributed by atoms with Crippen LogP contribution in [0.2, 0.25) is 0 Å². The van der Waals surface area contributed by atoms with E-state index in [1.807, 2.05) is 0 Å². The minimum Gasteiger partial charge on any atom is -0.475 e. The van der Waals surface area contributed by atoms with Gasteiger partial charge in [0.05, 0.1) is 6.20 Å². The number of carbonyl (C=O) groups is 2. The first-order valence-corrected chi connectivity index (χ1v) is 3.33. The molecule has 0 bridgehead atoms. The fourth-order valence-electron chi connectivity index (χ4n) is 0.777. The molecule has 0 aliphatic heterocycles. The number of aliphatic carboxylic acids is 1. The molecule has 1 rings (SSSR count). The first-order chi connectivity index (χ1) is 5.66. The zero-order valence-corrected chi connectivity index (χ0v) is 6.39. The van der Waals surface area contributed by atoms with Crippen LogP contribution in [0.1, 0.15) is 17.4 Å². The second-order valence-electron chi connectivity index (χ2n) is 2.07.